The Bertz CT molecular complexity index is 599. The van der Waals surface area contributed by atoms with Gasteiger partial charge in [0.25, 0.3) is 0 Å². The minimum Gasteiger partial charge on any atom is -0.481 e. The molecule has 0 aliphatic heterocycles. The lowest BCUT2D eigenvalue weighted by atomic mass is 10.0. The van der Waals surface area contributed by atoms with Crippen LogP contribution in [0.1, 0.15) is 20.3 Å². The molecule has 0 saturated carbocycles. The van der Waals surface area contributed by atoms with E-state index in [4.69, 9.17) is 5.11 Å². The topological polar surface area (TPSA) is 83.5 Å². The molecular weight excluding hydrogens is 402 g/mol. The predicted molar refractivity (Wildman–Crippen MR) is 78.5 cm³/mol. The summed E-state index contributed by atoms with van der Waals surface area (Å²) in [6.45, 7) is 3.04. The maximum absolute atomic E-state index is 12.2. The smallest absolute Gasteiger partial charge is 0.305 e. The van der Waals surface area contributed by atoms with Crippen LogP contribution in [-0.2, 0) is 14.8 Å². The highest BCUT2D eigenvalue weighted by atomic mass is 79.9. The van der Waals surface area contributed by atoms with Gasteiger partial charge in [-0.2, -0.15) is 0 Å². The fourth-order valence-electron chi connectivity index (χ4n) is 1.53. The Morgan fingerprint density at radius 1 is 1.37 bits per heavy atom. The van der Waals surface area contributed by atoms with Crippen molar-refractivity contribution in [2.45, 2.75) is 30.7 Å². The van der Waals surface area contributed by atoms with Crippen molar-refractivity contribution < 1.29 is 18.3 Å². The van der Waals surface area contributed by atoms with Crippen molar-refractivity contribution in [2.75, 3.05) is 0 Å². The Hall–Kier alpha value is -0.440. The zero-order valence-corrected chi connectivity index (χ0v) is 14.3. The Balaban J connectivity index is 3.08. The Morgan fingerprint density at radius 3 is 2.42 bits per heavy atom. The van der Waals surface area contributed by atoms with E-state index >= 15 is 0 Å². The number of halogens is 2. The molecule has 0 bridgehead atoms. The van der Waals surface area contributed by atoms with E-state index in [0.717, 1.165) is 4.47 Å². The third kappa shape index (κ3) is 4.87. The lowest BCUT2D eigenvalue weighted by Crippen LogP contribution is -2.44. The van der Waals surface area contributed by atoms with Crippen LogP contribution in [0, 0.1) is 0 Å². The molecule has 0 aromatic heterocycles. The summed E-state index contributed by atoms with van der Waals surface area (Å²) in [5.74, 6) is -1.07. The van der Waals surface area contributed by atoms with Crippen LogP contribution in [0.25, 0.3) is 0 Å². The lowest BCUT2D eigenvalue weighted by molar-refractivity contribution is -0.138. The molecule has 1 aromatic carbocycles. The van der Waals surface area contributed by atoms with E-state index in [0.29, 0.717) is 4.47 Å². The number of hydrogen-bond acceptors (Lipinski definition) is 3. The standard InChI is InChI=1S/C11H13Br2NO4S/c1-11(2,6-10(15)16)14-19(17,18)9-4-3-7(12)5-8(9)13/h3-5,14H,6H2,1-2H3,(H,15,16). The second-order valence-electron chi connectivity index (χ2n) is 4.63. The number of nitrogens with one attached hydrogen (secondary N) is 1. The summed E-state index contributed by atoms with van der Waals surface area (Å²) in [5, 5.41) is 8.76. The fourth-order valence-corrected chi connectivity index (χ4v) is 4.68. The summed E-state index contributed by atoms with van der Waals surface area (Å²) in [6, 6.07) is 4.65. The molecule has 0 spiro atoms. The number of carboxylic acids is 1. The number of hydrogen-bond donors (Lipinski definition) is 2. The summed E-state index contributed by atoms with van der Waals surface area (Å²) in [5.41, 5.74) is -1.07. The summed E-state index contributed by atoms with van der Waals surface area (Å²) >= 11 is 6.41. The van der Waals surface area contributed by atoms with Gasteiger partial charge in [0.1, 0.15) is 0 Å². The van der Waals surface area contributed by atoms with Crippen LogP contribution in [0.4, 0.5) is 0 Å². The molecule has 0 unspecified atom stereocenters. The molecule has 19 heavy (non-hydrogen) atoms. The van der Waals surface area contributed by atoms with Gasteiger partial charge in [0.05, 0.1) is 11.3 Å². The first kappa shape index (κ1) is 16.6. The number of carboxylic acid groups (broad SMARTS) is 1. The van der Waals surface area contributed by atoms with E-state index in [9.17, 15) is 13.2 Å². The molecule has 8 heteroatoms. The van der Waals surface area contributed by atoms with Gasteiger partial charge in [-0.15, -0.1) is 0 Å². The molecule has 0 heterocycles. The first-order chi connectivity index (χ1) is 8.53. The maximum atomic E-state index is 12.2. The Labute approximate surface area is 128 Å². The number of benzene rings is 1. The zero-order chi connectivity index (χ0) is 14.8. The monoisotopic (exact) mass is 413 g/mol. The van der Waals surface area contributed by atoms with Crippen LogP contribution in [0.5, 0.6) is 0 Å². The van der Waals surface area contributed by atoms with Gasteiger partial charge in [0, 0.05) is 14.5 Å². The van der Waals surface area contributed by atoms with Gasteiger partial charge in [-0.3, -0.25) is 4.79 Å². The van der Waals surface area contributed by atoms with Gasteiger partial charge in [-0.05, 0) is 48.0 Å². The van der Waals surface area contributed by atoms with Gasteiger partial charge >= 0.3 is 5.97 Å². The third-order valence-electron chi connectivity index (χ3n) is 2.19. The van der Waals surface area contributed by atoms with Gasteiger partial charge in [0.15, 0.2) is 0 Å². The highest BCUT2D eigenvalue weighted by Gasteiger charge is 2.29. The van der Waals surface area contributed by atoms with E-state index in [-0.39, 0.29) is 11.3 Å². The van der Waals surface area contributed by atoms with Crippen molar-refractivity contribution in [3.8, 4) is 0 Å². The second-order valence-corrected chi connectivity index (χ2v) is 8.06. The van der Waals surface area contributed by atoms with Gasteiger partial charge in [-0.1, -0.05) is 15.9 Å². The van der Waals surface area contributed by atoms with Crippen molar-refractivity contribution >= 4 is 47.9 Å². The summed E-state index contributed by atoms with van der Waals surface area (Å²) in [7, 11) is -3.79. The number of rotatable bonds is 5. The molecule has 2 N–H and O–H groups in total. The number of sulfonamides is 1. The van der Waals surface area contributed by atoms with E-state index < -0.39 is 21.5 Å². The largest absolute Gasteiger partial charge is 0.481 e. The van der Waals surface area contributed by atoms with E-state index in [1.165, 1.54) is 19.9 Å². The molecule has 106 valence electrons. The van der Waals surface area contributed by atoms with Gasteiger partial charge in [-0.25, -0.2) is 13.1 Å². The minimum absolute atomic E-state index is 0.0640. The quantitative estimate of drug-likeness (QED) is 0.775. The van der Waals surface area contributed by atoms with E-state index in [1.807, 2.05) is 0 Å². The molecule has 5 nitrogen and oxygen atoms in total. The van der Waals surface area contributed by atoms with Crippen LogP contribution in [0.2, 0.25) is 0 Å². The number of aliphatic carboxylic acids is 1. The molecule has 0 aliphatic rings. The molecule has 0 saturated heterocycles. The lowest BCUT2D eigenvalue weighted by Gasteiger charge is -2.24. The zero-order valence-electron chi connectivity index (χ0n) is 10.3. The highest BCUT2D eigenvalue weighted by molar-refractivity contribution is 9.11. The fraction of sp³-hybridized carbons (Fsp3) is 0.364. The first-order valence-electron chi connectivity index (χ1n) is 5.24. The van der Waals surface area contributed by atoms with Crippen molar-refractivity contribution in [1.82, 2.24) is 4.72 Å². The van der Waals surface area contributed by atoms with Crippen molar-refractivity contribution in [2.24, 2.45) is 0 Å². The summed E-state index contributed by atoms with van der Waals surface area (Å²) in [4.78, 5) is 10.8. The van der Waals surface area contributed by atoms with Crippen molar-refractivity contribution in [3.05, 3.63) is 27.1 Å². The van der Waals surface area contributed by atoms with Crippen molar-refractivity contribution in [3.63, 3.8) is 0 Å². The third-order valence-corrected chi connectivity index (χ3v) is 5.36. The normalized spacial score (nSPS) is 12.4. The van der Waals surface area contributed by atoms with Gasteiger partial charge in [0.2, 0.25) is 10.0 Å². The molecule has 0 radical (unpaired) electrons. The van der Waals surface area contributed by atoms with E-state index in [2.05, 4.69) is 36.6 Å². The summed E-state index contributed by atoms with van der Waals surface area (Å²) < 4.78 is 28.0. The first-order valence-corrected chi connectivity index (χ1v) is 8.31. The average Bonchev–Trinajstić information content (AvgIpc) is 2.11. The molecule has 0 fully saturated rings. The SMILES string of the molecule is CC(C)(CC(=O)O)NS(=O)(=O)c1ccc(Br)cc1Br. The van der Waals surface area contributed by atoms with Gasteiger partial charge < -0.3 is 5.11 Å². The summed E-state index contributed by atoms with van der Waals surface area (Å²) in [6.07, 6.45) is -0.305. The highest BCUT2D eigenvalue weighted by Crippen LogP contribution is 2.26. The Kier molecular flexibility index (Phi) is 5.16. The molecule has 1 rings (SSSR count). The average molecular weight is 415 g/mol. The van der Waals surface area contributed by atoms with Crippen LogP contribution >= 0.6 is 31.9 Å². The predicted octanol–water partition coefficient (Wildman–Crippen LogP) is 2.74. The molecular formula is C11H13Br2NO4S. The van der Waals surface area contributed by atoms with Crippen LogP contribution in [0.15, 0.2) is 32.0 Å². The molecule has 0 atom stereocenters. The Morgan fingerprint density at radius 2 is 1.95 bits per heavy atom. The van der Waals surface area contributed by atoms with Crippen molar-refractivity contribution in [1.29, 1.82) is 0 Å². The van der Waals surface area contributed by atoms with Crippen LogP contribution in [0.3, 0.4) is 0 Å². The molecule has 1 aromatic rings. The second kappa shape index (κ2) is 5.90. The maximum Gasteiger partial charge on any atom is 0.305 e. The molecule has 0 amide bonds. The van der Waals surface area contributed by atoms with E-state index in [1.54, 1.807) is 12.1 Å². The van der Waals surface area contributed by atoms with Crippen LogP contribution < -0.4 is 4.72 Å². The molecule has 0 aliphatic carbocycles. The van der Waals surface area contributed by atoms with Crippen LogP contribution in [-0.4, -0.2) is 25.0 Å². The number of carbonyl (C=O) groups is 1. The minimum atomic E-state index is -3.79.